The number of nitrogens with one attached hydrogen (secondary N) is 1. The molecule has 1 atom stereocenters. The molecule has 2 nitrogen and oxygen atoms in total. The Hall–Kier alpha value is -0.930. The predicted octanol–water partition coefficient (Wildman–Crippen LogP) is 2.51. The molecule has 0 saturated carbocycles. The molecule has 0 aliphatic carbocycles. The van der Waals surface area contributed by atoms with E-state index in [0.29, 0.717) is 6.61 Å². The molecule has 16 heavy (non-hydrogen) atoms. The molecule has 1 fully saturated rings. The van der Waals surface area contributed by atoms with Gasteiger partial charge >= 0.3 is 0 Å². The zero-order valence-corrected chi connectivity index (χ0v) is 9.79. The van der Waals surface area contributed by atoms with Crippen LogP contribution in [0.3, 0.4) is 0 Å². The van der Waals surface area contributed by atoms with E-state index in [1.54, 1.807) is 12.1 Å². The minimum atomic E-state index is -0.204. The second-order valence-corrected chi connectivity index (χ2v) is 5.15. The summed E-state index contributed by atoms with van der Waals surface area (Å²) < 4.78 is 18.9. The summed E-state index contributed by atoms with van der Waals surface area (Å²) in [4.78, 5) is 0. The van der Waals surface area contributed by atoms with Crippen LogP contribution in [0.15, 0.2) is 24.3 Å². The van der Waals surface area contributed by atoms with E-state index < -0.39 is 0 Å². The first-order valence-corrected chi connectivity index (χ1v) is 5.65. The van der Waals surface area contributed by atoms with Crippen molar-refractivity contribution in [1.29, 1.82) is 0 Å². The van der Waals surface area contributed by atoms with Crippen LogP contribution in [-0.4, -0.2) is 19.7 Å². The Bertz CT molecular complexity index is 365. The highest BCUT2D eigenvalue weighted by Crippen LogP contribution is 2.25. The lowest BCUT2D eigenvalue weighted by Crippen LogP contribution is -2.29. The standard InChI is InChI=1S/C13H18FNO/c1-13(2)8-15-7-12(16-9-13)10-4-3-5-11(14)6-10/h3-6,12,15H,7-9H2,1-2H3. The van der Waals surface area contributed by atoms with Crippen molar-refractivity contribution in [2.24, 2.45) is 5.41 Å². The van der Waals surface area contributed by atoms with Crippen molar-refractivity contribution in [3.05, 3.63) is 35.6 Å². The lowest BCUT2D eigenvalue weighted by Gasteiger charge is -2.21. The van der Waals surface area contributed by atoms with Crippen LogP contribution in [-0.2, 0) is 4.74 Å². The number of hydrogen-bond acceptors (Lipinski definition) is 2. The maximum Gasteiger partial charge on any atom is 0.123 e. The smallest absolute Gasteiger partial charge is 0.123 e. The number of hydrogen-bond donors (Lipinski definition) is 1. The first kappa shape index (κ1) is 11.6. The third-order valence-corrected chi connectivity index (χ3v) is 2.83. The maximum atomic E-state index is 13.1. The van der Waals surface area contributed by atoms with Crippen molar-refractivity contribution in [3.8, 4) is 0 Å². The molecular weight excluding hydrogens is 205 g/mol. The fourth-order valence-electron chi connectivity index (χ4n) is 1.90. The largest absolute Gasteiger partial charge is 0.372 e. The van der Waals surface area contributed by atoms with Crippen molar-refractivity contribution in [1.82, 2.24) is 5.32 Å². The Balaban J connectivity index is 2.11. The molecule has 1 aliphatic heterocycles. The fraction of sp³-hybridized carbons (Fsp3) is 0.538. The molecule has 3 heteroatoms. The van der Waals surface area contributed by atoms with Gasteiger partial charge in [0.2, 0.25) is 0 Å². The first-order chi connectivity index (χ1) is 7.57. The molecule has 0 radical (unpaired) electrons. The van der Waals surface area contributed by atoms with Gasteiger partial charge in [0.1, 0.15) is 5.82 Å². The van der Waals surface area contributed by atoms with E-state index in [0.717, 1.165) is 18.7 Å². The SMILES string of the molecule is CC1(C)CNCC(c2cccc(F)c2)OC1. The van der Waals surface area contributed by atoms with Crippen LogP contribution in [0.1, 0.15) is 25.5 Å². The van der Waals surface area contributed by atoms with Crippen molar-refractivity contribution in [2.75, 3.05) is 19.7 Å². The predicted molar refractivity (Wildman–Crippen MR) is 61.7 cm³/mol. The fourth-order valence-corrected chi connectivity index (χ4v) is 1.90. The van der Waals surface area contributed by atoms with Crippen LogP contribution in [0.25, 0.3) is 0 Å². The maximum absolute atomic E-state index is 13.1. The monoisotopic (exact) mass is 223 g/mol. The molecular formula is C13H18FNO. The number of ether oxygens (including phenoxy) is 1. The Morgan fingerprint density at radius 2 is 2.25 bits per heavy atom. The van der Waals surface area contributed by atoms with Crippen molar-refractivity contribution < 1.29 is 9.13 Å². The van der Waals surface area contributed by atoms with Crippen molar-refractivity contribution in [3.63, 3.8) is 0 Å². The number of halogens is 1. The minimum Gasteiger partial charge on any atom is -0.372 e. The number of rotatable bonds is 1. The summed E-state index contributed by atoms with van der Waals surface area (Å²) in [6, 6.07) is 6.64. The van der Waals surface area contributed by atoms with Crippen LogP contribution in [0, 0.1) is 11.2 Å². The molecule has 1 aromatic rings. The second-order valence-electron chi connectivity index (χ2n) is 5.15. The van der Waals surface area contributed by atoms with Crippen LogP contribution in [0.2, 0.25) is 0 Å². The Kier molecular flexibility index (Phi) is 3.26. The zero-order chi connectivity index (χ0) is 11.6. The minimum absolute atomic E-state index is 0.0440. The van der Waals surface area contributed by atoms with Crippen LogP contribution in [0.4, 0.5) is 4.39 Å². The van der Waals surface area contributed by atoms with Crippen LogP contribution < -0.4 is 5.32 Å². The molecule has 0 aromatic heterocycles. The summed E-state index contributed by atoms with van der Waals surface area (Å²) in [5.41, 5.74) is 1.05. The van der Waals surface area contributed by atoms with Crippen LogP contribution >= 0.6 is 0 Å². The average molecular weight is 223 g/mol. The topological polar surface area (TPSA) is 21.3 Å². The lowest BCUT2D eigenvalue weighted by molar-refractivity contribution is 0.0258. The zero-order valence-electron chi connectivity index (χ0n) is 9.79. The van der Waals surface area contributed by atoms with Gasteiger partial charge in [-0.25, -0.2) is 4.39 Å². The molecule has 1 aliphatic rings. The van der Waals surface area contributed by atoms with Gasteiger partial charge in [-0.1, -0.05) is 26.0 Å². The summed E-state index contributed by atoms with van der Waals surface area (Å²) in [7, 11) is 0. The molecule has 0 amide bonds. The highest BCUT2D eigenvalue weighted by molar-refractivity contribution is 5.19. The molecule has 1 saturated heterocycles. The summed E-state index contributed by atoms with van der Waals surface area (Å²) in [6.07, 6.45) is -0.0440. The van der Waals surface area contributed by atoms with Gasteiger partial charge in [-0.05, 0) is 17.7 Å². The van der Waals surface area contributed by atoms with E-state index in [1.165, 1.54) is 6.07 Å². The summed E-state index contributed by atoms with van der Waals surface area (Å²) in [6.45, 7) is 6.69. The van der Waals surface area contributed by atoms with Crippen molar-refractivity contribution >= 4 is 0 Å². The highest BCUT2D eigenvalue weighted by atomic mass is 19.1. The van der Waals surface area contributed by atoms with E-state index in [9.17, 15) is 4.39 Å². The van der Waals surface area contributed by atoms with Gasteiger partial charge < -0.3 is 10.1 Å². The molecule has 0 spiro atoms. The molecule has 88 valence electrons. The molecule has 1 heterocycles. The molecule has 1 aromatic carbocycles. The Morgan fingerprint density at radius 1 is 1.44 bits per heavy atom. The summed E-state index contributed by atoms with van der Waals surface area (Å²) >= 11 is 0. The lowest BCUT2D eigenvalue weighted by atomic mass is 9.95. The van der Waals surface area contributed by atoms with E-state index >= 15 is 0 Å². The van der Waals surface area contributed by atoms with E-state index in [2.05, 4.69) is 19.2 Å². The van der Waals surface area contributed by atoms with E-state index in [1.807, 2.05) is 6.07 Å². The van der Waals surface area contributed by atoms with Crippen LogP contribution in [0.5, 0.6) is 0 Å². The third-order valence-electron chi connectivity index (χ3n) is 2.83. The molecule has 0 bridgehead atoms. The quantitative estimate of drug-likeness (QED) is 0.790. The van der Waals surface area contributed by atoms with E-state index in [-0.39, 0.29) is 17.3 Å². The van der Waals surface area contributed by atoms with E-state index in [4.69, 9.17) is 4.74 Å². The first-order valence-electron chi connectivity index (χ1n) is 5.65. The van der Waals surface area contributed by atoms with Gasteiger partial charge in [0.15, 0.2) is 0 Å². The average Bonchev–Trinajstić information content (AvgIpc) is 2.39. The highest BCUT2D eigenvalue weighted by Gasteiger charge is 2.25. The normalized spacial score (nSPS) is 25.1. The van der Waals surface area contributed by atoms with Gasteiger partial charge in [-0.3, -0.25) is 0 Å². The van der Waals surface area contributed by atoms with Gasteiger partial charge in [0.25, 0.3) is 0 Å². The van der Waals surface area contributed by atoms with Gasteiger partial charge in [-0.2, -0.15) is 0 Å². The molecule has 2 rings (SSSR count). The third kappa shape index (κ3) is 2.80. The summed E-state index contributed by atoms with van der Waals surface area (Å²) in [5.74, 6) is -0.204. The number of benzene rings is 1. The Labute approximate surface area is 95.8 Å². The molecule has 1 unspecified atom stereocenters. The Morgan fingerprint density at radius 3 is 3.00 bits per heavy atom. The van der Waals surface area contributed by atoms with Crippen molar-refractivity contribution in [2.45, 2.75) is 20.0 Å². The second kappa shape index (κ2) is 4.52. The van der Waals surface area contributed by atoms with Gasteiger partial charge in [-0.15, -0.1) is 0 Å². The molecule has 1 N–H and O–H groups in total. The van der Waals surface area contributed by atoms with Gasteiger partial charge in [0.05, 0.1) is 12.7 Å². The van der Waals surface area contributed by atoms with Gasteiger partial charge in [0, 0.05) is 18.5 Å². The summed E-state index contributed by atoms with van der Waals surface area (Å²) in [5, 5.41) is 3.36.